The van der Waals surface area contributed by atoms with E-state index in [1.165, 1.54) is 17.7 Å². The Morgan fingerprint density at radius 2 is 1.88 bits per heavy atom. The summed E-state index contributed by atoms with van der Waals surface area (Å²) in [5.41, 5.74) is 3.04. The Hall–Kier alpha value is -2.95. The highest BCUT2D eigenvalue weighted by molar-refractivity contribution is 5.93. The molecule has 2 aromatic carbocycles. The first-order valence-corrected chi connectivity index (χ1v) is 7.88. The van der Waals surface area contributed by atoms with Gasteiger partial charge < -0.3 is 5.32 Å². The molecule has 1 aromatic heterocycles. The molecule has 0 bridgehead atoms. The van der Waals surface area contributed by atoms with Crippen LogP contribution in [0.3, 0.4) is 0 Å². The van der Waals surface area contributed by atoms with Crippen LogP contribution < -0.4 is 5.32 Å². The van der Waals surface area contributed by atoms with Crippen LogP contribution in [0, 0.1) is 5.82 Å². The molecular formula is C19H16FN3O. The lowest BCUT2D eigenvalue weighted by Gasteiger charge is -2.03. The molecule has 0 saturated heterocycles. The van der Waals surface area contributed by atoms with Crippen molar-refractivity contribution in [3.8, 4) is 11.3 Å². The average Bonchev–Trinajstić information content (AvgIpc) is 3.19. The molecule has 1 fully saturated rings. The lowest BCUT2D eigenvalue weighted by Crippen LogP contribution is -2.26. The molecule has 3 aromatic rings. The Morgan fingerprint density at radius 3 is 2.62 bits per heavy atom. The van der Waals surface area contributed by atoms with Gasteiger partial charge in [0.15, 0.2) is 0 Å². The van der Waals surface area contributed by atoms with Gasteiger partial charge in [0.2, 0.25) is 0 Å². The van der Waals surface area contributed by atoms with Crippen molar-refractivity contribution in [2.75, 3.05) is 0 Å². The summed E-state index contributed by atoms with van der Waals surface area (Å²) in [5.74, 6) is -0.0816. The van der Waals surface area contributed by atoms with Crippen molar-refractivity contribution < 1.29 is 9.18 Å². The van der Waals surface area contributed by atoms with Gasteiger partial charge in [0.25, 0.3) is 5.91 Å². The van der Waals surface area contributed by atoms with Gasteiger partial charge in [0, 0.05) is 17.5 Å². The van der Waals surface area contributed by atoms with E-state index in [0.29, 0.717) is 17.3 Å². The van der Waals surface area contributed by atoms with Crippen LogP contribution in [0.2, 0.25) is 0 Å². The monoisotopic (exact) mass is 321 g/mol. The molecule has 0 spiro atoms. The van der Waals surface area contributed by atoms with Crippen molar-refractivity contribution in [3.05, 3.63) is 77.7 Å². The van der Waals surface area contributed by atoms with Gasteiger partial charge in [-0.05, 0) is 42.3 Å². The molecule has 1 aliphatic rings. The number of nitrogens with zero attached hydrogens (tertiary/aromatic N) is 1. The van der Waals surface area contributed by atoms with Crippen LogP contribution in [0.15, 0.2) is 60.7 Å². The summed E-state index contributed by atoms with van der Waals surface area (Å²) in [7, 11) is 0. The van der Waals surface area contributed by atoms with Crippen LogP contribution >= 0.6 is 0 Å². The van der Waals surface area contributed by atoms with Gasteiger partial charge >= 0.3 is 0 Å². The first-order valence-electron chi connectivity index (χ1n) is 7.88. The molecule has 1 amide bonds. The Kier molecular flexibility index (Phi) is 3.61. The summed E-state index contributed by atoms with van der Waals surface area (Å²) in [6.45, 7) is 0. The molecule has 5 heteroatoms. The molecule has 0 radical (unpaired) electrons. The van der Waals surface area contributed by atoms with Crippen molar-refractivity contribution in [3.63, 3.8) is 0 Å². The third-order valence-corrected chi connectivity index (χ3v) is 4.30. The van der Waals surface area contributed by atoms with Gasteiger partial charge in [-0.15, -0.1) is 0 Å². The fraction of sp³-hybridized carbons (Fsp3) is 0.158. The Bertz CT molecular complexity index is 858. The second-order valence-electron chi connectivity index (χ2n) is 6.01. The number of amides is 1. The third kappa shape index (κ3) is 2.93. The molecular weight excluding hydrogens is 305 g/mol. The van der Waals surface area contributed by atoms with E-state index in [9.17, 15) is 9.18 Å². The summed E-state index contributed by atoms with van der Waals surface area (Å²) in [4.78, 5) is 12.3. The van der Waals surface area contributed by atoms with Crippen LogP contribution in [-0.4, -0.2) is 22.1 Å². The molecule has 2 atom stereocenters. The first kappa shape index (κ1) is 14.6. The van der Waals surface area contributed by atoms with Gasteiger partial charge in [-0.2, -0.15) is 5.10 Å². The Balaban J connectivity index is 1.42. The maximum absolute atomic E-state index is 13.0. The number of benzene rings is 2. The average molecular weight is 321 g/mol. The highest BCUT2D eigenvalue weighted by atomic mass is 19.1. The van der Waals surface area contributed by atoms with E-state index in [0.717, 1.165) is 12.0 Å². The SMILES string of the molecule is O=C(NC1CC1c1ccccc1)c1cc(-c2ccc(F)cc2)n[nH]1. The molecule has 2 unspecified atom stereocenters. The van der Waals surface area contributed by atoms with Crippen molar-refractivity contribution >= 4 is 5.91 Å². The molecule has 1 heterocycles. The molecule has 0 aliphatic heterocycles. The zero-order valence-electron chi connectivity index (χ0n) is 12.9. The number of nitrogens with one attached hydrogen (secondary N) is 2. The molecule has 1 aliphatic carbocycles. The van der Waals surface area contributed by atoms with E-state index < -0.39 is 0 Å². The summed E-state index contributed by atoms with van der Waals surface area (Å²) in [5, 5.41) is 9.91. The summed E-state index contributed by atoms with van der Waals surface area (Å²) in [6.07, 6.45) is 0.953. The maximum Gasteiger partial charge on any atom is 0.269 e. The van der Waals surface area contributed by atoms with Crippen LogP contribution in [0.25, 0.3) is 11.3 Å². The fourth-order valence-electron chi connectivity index (χ4n) is 2.88. The minimum atomic E-state index is -0.298. The Morgan fingerprint density at radius 1 is 1.12 bits per heavy atom. The number of halogens is 1. The van der Waals surface area contributed by atoms with E-state index in [1.54, 1.807) is 18.2 Å². The van der Waals surface area contributed by atoms with Crippen molar-refractivity contribution in [1.29, 1.82) is 0 Å². The van der Waals surface area contributed by atoms with Gasteiger partial charge in [-0.3, -0.25) is 9.89 Å². The van der Waals surface area contributed by atoms with Crippen LogP contribution in [0.1, 0.15) is 28.4 Å². The smallest absolute Gasteiger partial charge is 0.269 e. The molecule has 1 saturated carbocycles. The zero-order valence-corrected chi connectivity index (χ0v) is 12.9. The van der Waals surface area contributed by atoms with Crippen molar-refractivity contribution in [1.82, 2.24) is 15.5 Å². The lowest BCUT2D eigenvalue weighted by molar-refractivity contribution is 0.0945. The Labute approximate surface area is 138 Å². The number of aromatic amines is 1. The van der Waals surface area contributed by atoms with Crippen LogP contribution in [0.5, 0.6) is 0 Å². The highest BCUT2D eigenvalue weighted by Crippen LogP contribution is 2.40. The quantitative estimate of drug-likeness (QED) is 0.772. The molecule has 2 N–H and O–H groups in total. The van der Waals surface area contributed by atoms with Gasteiger partial charge in [-0.25, -0.2) is 4.39 Å². The third-order valence-electron chi connectivity index (χ3n) is 4.30. The molecule has 4 nitrogen and oxygen atoms in total. The van der Waals surface area contributed by atoms with E-state index >= 15 is 0 Å². The maximum atomic E-state index is 13.0. The number of rotatable bonds is 4. The number of H-pyrrole nitrogens is 1. The van der Waals surface area contributed by atoms with Crippen LogP contribution in [-0.2, 0) is 0 Å². The lowest BCUT2D eigenvalue weighted by atomic mass is 10.1. The van der Waals surface area contributed by atoms with Crippen molar-refractivity contribution in [2.45, 2.75) is 18.4 Å². The molecule has 120 valence electrons. The summed E-state index contributed by atoms with van der Waals surface area (Å²) in [6, 6.07) is 18.0. The fourth-order valence-corrected chi connectivity index (χ4v) is 2.88. The number of hydrogen-bond donors (Lipinski definition) is 2. The zero-order chi connectivity index (χ0) is 16.5. The van der Waals surface area contributed by atoms with Gasteiger partial charge in [0.05, 0.1) is 5.69 Å². The number of aromatic nitrogens is 2. The normalized spacial score (nSPS) is 19.0. The number of hydrogen-bond acceptors (Lipinski definition) is 2. The number of carbonyl (C=O) groups excluding carboxylic acids is 1. The summed E-state index contributed by atoms with van der Waals surface area (Å²) < 4.78 is 13.0. The topological polar surface area (TPSA) is 57.8 Å². The van der Waals surface area contributed by atoms with Gasteiger partial charge in [-0.1, -0.05) is 30.3 Å². The van der Waals surface area contributed by atoms with Gasteiger partial charge in [0.1, 0.15) is 11.5 Å². The van der Waals surface area contributed by atoms with Crippen LogP contribution in [0.4, 0.5) is 4.39 Å². The van der Waals surface area contributed by atoms with E-state index in [1.807, 2.05) is 18.2 Å². The minimum absolute atomic E-state index is 0.164. The van der Waals surface area contributed by atoms with Crippen molar-refractivity contribution in [2.24, 2.45) is 0 Å². The molecule has 4 rings (SSSR count). The van der Waals surface area contributed by atoms with E-state index in [-0.39, 0.29) is 17.8 Å². The van der Waals surface area contributed by atoms with E-state index in [2.05, 4.69) is 27.6 Å². The first-order chi connectivity index (χ1) is 11.7. The predicted molar refractivity (Wildman–Crippen MR) is 89.0 cm³/mol. The standard InChI is InChI=1S/C19H16FN3O/c20-14-8-6-13(7-9-14)16-11-18(23-22-16)19(24)21-17-10-15(17)12-4-2-1-3-5-12/h1-9,11,15,17H,10H2,(H,21,24)(H,22,23). The summed E-state index contributed by atoms with van der Waals surface area (Å²) >= 11 is 0. The largest absolute Gasteiger partial charge is 0.347 e. The minimum Gasteiger partial charge on any atom is -0.347 e. The second-order valence-corrected chi connectivity index (χ2v) is 6.01. The number of carbonyl (C=O) groups is 1. The second kappa shape index (κ2) is 5.92. The predicted octanol–water partition coefficient (Wildman–Crippen LogP) is 3.50. The molecule has 24 heavy (non-hydrogen) atoms. The highest BCUT2D eigenvalue weighted by Gasteiger charge is 2.39. The van der Waals surface area contributed by atoms with E-state index in [4.69, 9.17) is 0 Å².